The molecule has 1 aromatic rings. The minimum Gasteiger partial charge on any atom is -0.508 e. The van der Waals surface area contributed by atoms with Gasteiger partial charge in [0.25, 0.3) is 0 Å². The number of benzene rings is 1. The zero-order chi connectivity index (χ0) is 29.7. The Balaban J connectivity index is 3.08. The van der Waals surface area contributed by atoms with Gasteiger partial charge in [0.05, 0.1) is 6.04 Å². The first-order chi connectivity index (χ1) is 18.2. The lowest BCUT2D eigenvalue weighted by Gasteiger charge is -2.25. The summed E-state index contributed by atoms with van der Waals surface area (Å²) in [5.41, 5.74) is 16.8. The van der Waals surface area contributed by atoms with Crippen LogP contribution in [0.3, 0.4) is 0 Å². The van der Waals surface area contributed by atoms with Crippen LogP contribution in [0.25, 0.3) is 0 Å². The number of carbonyl (C=O) groups excluding carboxylic acids is 5. The monoisotopic (exact) mass is 550 g/mol. The minimum atomic E-state index is -1.41. The van der Waals surface area contributed by atoms with Gasteiger partial charge in [0.2, 0.25) is 29.5 Å². The number of aliphatic carboxylic acids is 1. The number of nitrogens with two attached hydrogens (primary N) is 3. The number of hydrogen-bond donors (Lipinski definition) is 8. The van der Waals surface area contributed by atoms with E-state index in [9.17, 15) is 39.0 Å². The van der Waals surface area contributed by atoms with Crippen LogP contribution in [0.5, 0.6) is 5.75 Å². The highest BCUT2D eigenvalue weighted by molar-refractivity contribution is 5.94. The van der Waals surface area contributed by atoms with E-state index < -0.39 is 59.7 Å². The first-order valence-corrected chi connectivity index (χ1v) is 12.4. The van der Waals surface area contributed by atoms with Gasteiger partial charge in [0.15, 0.2) is 0 Å². The number of phenols is 1. The molecule has 11 N–H and O–H groups in total. The molecule has 0 aromatic heterocycles. The van der Waals surface area contributed by atoms with E-state index in [0.29, 0.717) is 12.0 Å². The van der Waals surface area contributed by atoms with Gasteiger partial charge in [-0.15, -0.1) is 0 Å². The third-order valence-corrected chi connectivity index (χ3v) is 5.68. The van der Waals surface area contributed by atoms with Gasteiger partial charge in [-0.05, 0) is 42.9 Å². The number of phenolic OH excluding ortho intramolecular Hbond substituents is 1. The SMILES string of the molecule is CC(C)CC(N)C(=O)NC(CCC(N)=O)C(=O)NC(CCC(N)=O)C(=O)NC(Cc1ccc(O)cc1)C(=O)O. The van der Waals surface area contributed by atoms with Crippen LogP contribution in [0.1, 0.15) is 51.5 Å². The predicted octanol–water partition coefficient (Wildman–Crippen LogP) is -1.62. The Morgan fingerprint density at radius 1 is 0.769 bits per heavy atom. The van der Waals surface area contributed by atoms with E-state index >= 15 is 0 Å². The van der Waals surface area contributed by atoms with Gasteiger partial charge in [-0.1, -0.05) is 26.0 Å². The van der Waals surface area contributed by atoms with Gasteiger partial charge in [-0.25, -0.2) is 4.79 Å². The Morgan fingerprint density at radius 2 is 1.21 bits per heavy atom. The summed E-state index contributed by atoms with van der Waals surface area (Å²) in [5.74, 6) is -5.20. The molecule has 216 valence electrons. The molecule has 0 aliphatic heterocycles. The number of rotatable bonds is 17. The fraction of sp³-hybridized carbons (Fsp3) is 0.520. The molecule has 0 radical (unpaired) electrons. The predicted molar refractivity (Wildman–Crippen MR) is 140 cm³/mol. The van der Waals surface area contributed by atoms with Gasteiger partial charge in [0, 0.05) is 19.3 Å². The molecule has 0 saturated heterocycles. The average Bonchev–Trinajstić information content (AvgIpc) is 2.83. The molecule has 0 aliphatic rings. The maximum absolute atomic E-state index is 13.1. The van der Waals surface area contributed by atoms with E-state index in [0.717, 1.165) is 0 Å². The molecule has 0 heterocycles. The van der Waals surface area contributed by atoms with Crippen molar-refractivity contribution in [1.82, 2.24) is 16.0 Å². The van der Waals surface area contributed by atoms with Crippen molar-refractivity contribution in [2.24, 2.45) is 23.1 Å². The molecule has 1 rings (SSSR count). The first-order valence-electron chi connectivity index (χ1n) is 12.4. The molecule has 14 nitrogen and oxygen atoms in total. The minimum absolute atomic E-state index is 0.0213. The fourth-order valence-electron chi connectivity index (χ4n) is 3.62. The van der Waals surface area contributed by atoms with Gasteiger partial charge >= 0.3 is 5.97 Å². The Kier molecular flexibility index (Phi) is 13.4. The van der Waals surface area contributed by atoms with Crippen LogP contribution in [0, 0.1) is 5.92 Å². The van der Waals surface area contributed by atoms with E-state index in [-0.39, 0.29) is 43.8 Å². The van der Waals surface area contributed by atoms with E-state index in [1.54, 1.807) is 0 Å². The van der Waals surface area contributed by atoms with E-state index in [4.69, 9.17) is 17.2 Å². The van der Waals surface area contributed by atoms with Crippen molar-refractivity contribution in [2.75, 3.05) is 0 Å². The lowest BCUT2D eigenvalue weighted by atomic mass is 10.0. The van der Waals surface area contributed by atoms with Gasteiger partial charge < -0.3 is 43.4 Å². The third kappa shape index (κ3) is 12.7. The van der Waals surface area contributed by atoms with E-state index in [1.807, 2.05) is 13.8 Å². The molecule has 1 aromatic carbocycles. The normalized spacial score (nSPS) is 13.9. The van der Waals surface area contributed by atoms with Crippen LogP contribution < -0.4 is 33.2 Å². The van der Waals surface area contributed by atoms with Crippen molar-refractivity contribution in [3.8, 4) is 5.75 Å². The summed E-state index contributed by atoms with van der Waals surface area (Å²) in [6.07, 6.45) is -0.832. The Labute approximate surface area is 226 Å². The first kappa shape index (κ1) is 32.8. The zero-order valence-corrected chi connectivity index (χ0v) is 22.0. The number of primary amides is 2. The third-order valence-electron chi connectivity index (χ3n) is 5.68. The average molecular weight is 551 g/mol. The molecule has 0 saturated carbocycles. The smallest absolute Gasteiger partial charge is 0.326 e. The molecule has 14 heteroatoms. The van der Waals surface area contributed by atoms with Gasteiger partial charge in [-0.2, -0.15) is 0 Å². The zero-order valence-electron chi connectivity index (χ0n) is 22.0. The molecule has 0 spiro atoms. The number of carboxylic acids is 1. The van der Waals surface area contributed by atoms with Crippen molar-refractivity contribution in [3.63, 3.8) is 0 Å². The van der Waals surface area contributed by atoms with Crippen LogP contribution in [0.15, 0.2) is 24.3 Å². The van der Waals surface area contributed by atoms with Gasteiger partial charge in [0.1, 0.15) is 23.9 Å². The van der Waals surface area contributed by atoms with Crippen molar-refractivity contribution < 1.29 is 39.0 Å². The number of hydrogen-bond acceptors (Lipinski definition) is 8. The maximum Gasteiger partial charge on any atom is 0.326 e. The second-order valence-electron chi connectivity index (χ2n) is 9.64. The molecule has 5 amide bonds. The van der Waals surface area contributed by atoms with E-state index in [1.165, 1.54) is 24.3 Å². The fourth-order valence-corrected chi connectivity index (χ4v) is 3.62. The number of carboxylic acid groups (broad SMARTS) is 1. The maximum atomic E-state index is 13.1. The highest BCUT2D eigenvalue weighted by Gasteiger charge is 2.31. The van der Waals surface area contributed by atoms with Gasteiger partial charge in [-0.3, -0.25) is 24.0 Å². The molecule has 4 unspecified atom stereocenters. The van der Waals surface area contributed by atoms with Crippen molar-refractivity contribution in [2.45, 2.75) is 76.5 Å². The standard InChI is InChI=1S/C25H38N6O8/c1-13(2)11-16(26)22(35)29-17(7-9-20(27)33)23(36)30-18(8-10-21(28)34)24(37)31-19(25(38)39)12-14-3-5-15(32)6-4-14/h3-6,13,16-19,32H,7-12,26H2,1-2H3,(H2,27,33)(H2,28,34)(H,29,35)(H,30,36)(H,31,37)(H,38,39). The molecule has 0 aliphatic carbocycles. The van der Waals surface area contributed by atoms with Crippen LogP contribution in [0.2, 0.25) is 0 Å². The summed E-state index contributed by atoms with van der Waals surface area (Å²) in [7, 11) is 0. The number of nitrogens with one attached hydrogen (secondary N) is 3. The summed E-state index contributed by atoms with van der Waals surface area (Å²) in [4.78, 5) is 73.1. The van der Waals surface area contributed by atoms with Crippen LogP contribution in [-0.2, 0) is 35.2 Å². The summed E-state index contributed by atoms with van der Waals surface area (Å²) in [6, 6.07) is 0.662. The second kappa shape index (κ2) is 15.9. The highest BCUT2D eigenvalue weighted by atomic mass is 16.4. The lowest BCUT2D eigenvalue weighted by Crippen LogP contribution is -2.57. The lowest BCUT2D eigenvalue weighted by molar-refractivity contribution is -0.142. The van der Waals surface area contributed by atoms with Crippen LogP contribution in [-0.4, -0.2) is 69.9 Å². The number of carbonyl (C=O) groups is 6. The quantitative estimate of drug-likeness (QED) is 0.111. The summed E-state index contributed by atoms with van der Waals surface area (Å²) < 4.78 is 0. The van der Waals surface area contributed by atoms with E-state index in [2.05, 4.69) is 16.0 Å². The molecular formula is C25H38N6O8. The summed E-state index contributed by atoms with van der Waals surface area (Å²) >= 11 is 0. The number of amides is 5. The van der Waals surface area contributed by atoms with Crippen molar-refractivity contribution >= 4 is 35.5 Å². The van der Waals surface area contributed by atoms with Crippen LogP contribution in [0.4, 0.5) is 0 Å². The summed E-state index contributed by atoms with van der Waals surface area (Å²) in [6.45, 7) is 3.72. The number of aromatic hydroxyl groups is 1. The second-order valence-corrected chi connectivity index (χ2v) is 9.64. The molecule has 4 atom stereocenters. The molecule has 0 bridgehead atoms. The topological polar surface area (TPSA) is 257 Å². The molecule has 39 heavy (non-hydrogen) atoms. The Morgan fingerprint density at radius 3 is 1.62 bits per heavy atom. The Bertz CT molecular complexity index is 1030. The Hall–Kier alpha value is -4.20. The molecular weight excluding hydrogens is 512 g/mol. The van der Waals surface area contributed by atoms with Crippen molar-refractivity contribution in [3.05, 3.63) is 29.8 Å². The summed E-state index contributed by atoms with van der Waals surface area (Å²) in [5, 5.41) is 26.2. The largest absolute Gasteiger partial charge is 0.508 e. The molecule has 0 fully saturated rings. The highest BCUT2D eigenvalue weighted by Crippen LogP contribution is 2.12. The van der Waals surface area contributed by atoms with Crippen LogP contribution >= 0.6 is 0 Å². The van der Waals surface area contributed by atoms with Crippen molar-refractivity contribution in [1.29, 1.82) is 0 Å².